The summed E-state index contributed by atoms with van der Waals surface area (Å²) in [6, 6.07) is 5.83. The first-order valence-corrected chi connectivity index (χ1v) is 6.05. The summed E-state index contributed by atoms with van der Waals surface area (Å²) in [5.74, 6) is -0.458. The van der Waals surface area contributed by atoms with Crippen LogP contribution in [0.25, 0.3) is 0 Å². The highest BCUT2D eigenvalue weighted by Crippen LogP contribution is 2.14. The third-order valence-corrected chi connectivity index (χ3v) is 3.02. The molecule has 0 bridgehead atoms. The smallest absolute Gasteiger partial charge is 0.337 e. The van der Waals surface area contributed by atoms with Crippen LogP contribution in [0, 0.1) is 0 Å². The van der Waals surface area contributed by atoms with Crippen LogP contribution in [-0.2, 0) is 15.0 Å². The van der Waals surface area contributed by atoms with Crippen molar-refractivity contribution in [2.45, 2.75) is 4.90 Å². The van der Waals surface area contributed by atoms with E-state index in [1.54, 1.807) is 0 Å². The zero-order valence-electron chi connectivity index (χ0n) is 7.93. The molecule has 0 atom stereocenters. The van der Waals surface area contributed by atoms with Crippen LogP contribution in [0.15, 0.2) is 29.2 Å². The Balaban J connectivity index is 3.01. The summed E-state index contributed by atoms with van der Waals surface area (Å²) in [5.41, 5.74) is 0.365. The van der Waals surface area contributed by atoms with Crippen LogP contribution in [0.4, 0.5) is 0 Å². The van der Waals surface area contributed by atoms with Gasteiger partial charge in [0.25, 0.3) is 0 Å². The second-order valence-electron chi connectivity index (χ2n) is 2.92. The van der Waals surface area contributed by atoms with Crippen molar-refractivity contribution in [3.8, 4) is 0 Å². The molecule has 0 saturated heterocycles. The van der Waals surface area contributed by atoms with Gasteiger partial charge in [-0.2, -0.15) is 10.2 Å². The van der Waals surface area contributed by atoms with E-state index in [2.05, 4.69) is 4.74 Å². The molecule has 0 saturated carbocycles. The minimum absolute atomic E-state index is 0.324. The lowest BCUT2D eigenvalue weighted by molar-refractivity contribution is 0.0600. The van der Waals surface area contributed by atoms with Crippen LogP contribution in [0.3, 0.4) is 0 Å². The number of carbonyl (C=O) groups is 1. The van der Waals surface area contributed by atoms with Crippen LogP contribution >= 0.6 is 0 Å². The highest BCUT2D eigenvalue weighted by Gasteiger charge is 2.06. The van der Waals surface area contributed by atoms with Gasteiger partial charge in [-0.3, -0.25) is 0 Å². The predicted octanol–water partition coefficient (Wildman–Crippen LogP) is 0.952. The number of esters is 1. The van der Waals surface area contributed by atoms with E-state index >= 15 is 0 Å². The lowest BCUT2D eigenvalue weighted by Crippen LogP contribution is -2.08. The zero-order chi connectivity index (χ0) is 10.8. The summed E-state index contributed by atoms with van der Waals surface area (Å²) in [7, 11) is -1.94. The van der Waals surface area contributed by atoms with Crippen LogP contribution < -0.4 is 0 Å². The summed E-state index contributed by atoms with van der Waals surface area (Å²) >= 11 is 0. The zero-order valence-corrected chi connectivity index (χ0v) is 8.82. The molecule has 14 heavy (non-hydrogen) atoms. The predicted molar refractivity (Wildman–Crippen MR) is 54.1 cm³/mol. The molecule has 0 aliphatic carbocycles. The van der Waals surface area contributed by atoms with Crippen molar-refractivity contribution in [2.75, 3.05) is 13.4 Å². The van der Waals surface area contributed by atoms with Crippen molar-refractivity contribution >= 4 is 16.2 Å². The Hall–Kier alpha value is -1.20. The van der Waals surface area contributed by atoms with Crippen LogP contribution in [0.5, 0.6) is 0 Å². The largest absolute Gasteiger partial charge is 0.465 e. The highest BCUT2D eigenvalue weighted by atomic mass is 32.3. The Kier molecular flexibility index (Phi) is 3.03. The van der Waals surface area contributed by atoms with Crippen molar-refractivity contribution in [1.29, 1.82) is 0 Å². The van der Waals surface area contributed by atoms with Crippen LogP contribution in [0.2, 0.25) is 0 Å². The molecule has 0 aliphatic rings. The third kappa shape index (κ3) is 2.40. The first-order chi connectivity index (χ1) is 6.45. The van der Waals surface area contributed by atoms with Crippen molar-refractivity contribution < 1.29 is 18.3 Å². The van der Waals surface area contributed by atoms with E-state index in [1.165, 1.54) is 37.6 Å². The molecule has 1 N–H and O–H groups in total. The molecule has 0 spiro atoms. The van der Waals surface area contributed by atoms with Crippen LogP contribution in [0.1, 0.15) is 10.4 Å². The van der Waals surface area contributed by atoms with E-state index in [0.717, 1.165) is 0 Å². The number of hydrogen-bond donors (Lipinski definition) is 2. The number of ether oxygens (including phenoxy) is 1. The highest BCUT2D eigenvalue weighted by molar-refractivity contribution is 7.97. The van der Waals surface area contributed by atoms with E-state index in [4.69, 9.17) is 0 Å². The molecule has 0 heterocycles. The molecule has 0 radical (unpaired) electrons. The maximum absolute atomic E-state index is 11.2. The molecular weight excluding hydrogens is 204 g/mol. The van der Waals surface area contributed by atoms with Gasteiger partial charge in [-0.1, -0.05) is 0 Å². The van der Waals surface area contributed by atoms with Gasteiger partial charge in [-0.25, -0.2) is 9.00 Å². The van der Waals surface area contributed by atoms with E-state index in [1.807, 2.05) is 0 Å². The minimum Gasteiger partial charge on any atom is -0.465 e. The maximum Gasteiger partial charge on any atom is 0.337 e. The van der Waals surface area contributed by atoms with Gasteiger partial charge >= 0.3 is 5.97 Å². The minimum atomic E-state index is -3.23. The summed E-state index contributed by atoms with van der Waals surface area (Å²) in [5, 5.41) is 0. The Morgan fingerprint density at radius 2 is 1.86 bits per heavy atom. The first-order valence-electron chi connectivity index (χ1n) is 3.94. The van der Waals surface area contributed by atoms with E-state index < -0.39 is 16.2 Å². The van der Waals surface area contributed by atoms with E-state index in [-0.39, 0.29) is 0 Å². The number of carbonyl (C=O) groups excluding carboxylic acids is 1. The van der Waals surface area contributed by atoms with Gasteiger partial charge < -0.3 is 9.29 Å². The van der Waals surface area contributed by atoms with Gasteiger partial charge in [0.2, 0.25) is 0 Å². The number of benzene rings is 1. The van der Waals surface area contributed by atoms with Crippen molar-refractivity contribution in [3.05, 3.63) is 29.8 Å². The molecule has 0 fully saturated rings. The van der Waals surface area contributed by atoms with Crippen molar-refractivity contribution in [3.63, 3.8) is 0 Å². The first kappa shape index (κ1) is 10.9. The Labute approximate surface area is 83.1 Å². The van der Waals surface area contributed by atoms with Crippen LogP contribution in [-0.4, -0.2) is 28.1 Å². The SMILES string of the molecule is COC(=O)c1ccc([SH](C)(=O)O)cc1. The van der Waals surface area contributed by atoms with E-state index in [0.29, 0.717) is 10.5 Å². The molecule has 0 aromatic heterocycles. The van der Waals surface area contributed by atoms with Gasteiger partial charge in [0.05, 0.1) is 17.6 Å². The van der Waals surface area contributed by atoms with E-state index in [9.17, 15) is 13.6 Å². The Morgan fingerprint density at radius 1 is 1.36 bits per heavy atom. The molecule has 78 valence electrons. The molecule has 5 heteroatoms. The lowest BCUT2D eigenvalue weighted by atomic mass is 10.2. The molecule has 1 aromatic carbocycles. The Morgan fingerprint density at radius 3 is 2.21 bits per heavy atom. The van der Waals surface area contributed by atoms with Gasteiger partial charge in [0, 0.05) is 6.26 Å². The fraction of sp³-hybridized carbons (Fsp3) is 0.222. The summed E-state index contributed by atoms with van der Waals surface area (Å²) < 4.78 is 24.9. The molecule has 0 amide bonds. The number of thiol groups is 1. The second-order valence-corrected chi connectivity index (χ2v) is 5.19. The third-order valence-electron chi connectivity index (χ3n) is 1.77. The van der Waals surface area contributed by atoms with Crippen molar-refractivity contribution in [2.24, 2.45) is 0 Å². The molecule has 1 aromatic rings. The quantitative estimate of drug-likeness (QED) is 0.570. The summed E-state index contributed by atoms with van der Waals surface area (Å²) in [6.45, 7) is 0. The number of methoxy groups -OCH3 is 1. The van der Waals surface area contributed by atoms with Gasteiger partial charge in [0.1, 0.15) is 0 Å². The number of hydrogen-bond acceptors (Lipinski definition) is 3. The topological polar surface area (TPSA) is 63.6 Å². The van der Waals surface area contributed by atoms with Crippen molar-refractivity contribution in [1.82, 2.24) is 0 Å². The standard InChI is InChI=1S/C9H12O4S/c1-13-9(10)7-3-5-8(6-4-7)14(2,11)12/h3-6,14H,1-2H3,(H,11,12). The molecule has 4 nitrogen and oxygen atoms in total. The molecule has 0 aliphatic heterocycles. The average molecular weight is 216 g/mol. The Bertz CT molecular complexity index is 376. The lowest BCUT2D eigenvalue weighted by Gasteiger charge is -2.16. The fourth-order valence-electron chi connectivity index (χ4n) is 0.992. The fourth-order valence-corrected chi connectivity index (χ4v) is 1.69. The van der Waals surface area contributed by atoms with Gasteiger partial charge in [-0.15, -0.1) is 0 Å². The second kappa shape index (κ2) is 3.89. The normalized spacial score (nSPS) is 12.2. The molecular formula is C9H12O4S. The average Bonchev–Trinajstić information content (AvgIpc) is 2.15. The number of rotatable bonds is 2. The summed E-state index contributed by atoms with van der Waals surface area (Å²) in [6.07, 6.45) is 1.25. The maximum atomic E-state index is 11.2. The van der Waals surface area contributed by atoms with Gasteiger partial charge in [0.15, 0.2) is 0 Å². The van der Waals surface area contributed by atoms with Gasteiger partial charge in [-0.05, 0) is 24.3 Å². The molecule has 1 rings (SSSR count). The molecule has 0 unspecified atom stereocenters. The monoisotopic (exact) mass is 216 g/mol. The summed E-state index contributed by atoms with van der Waals surface area (Å²) in [4.78, 5) is 11.3.